The van der Waals surface area contributed by atoms with Gasteiger partial charge in [-0.2, -0.15) is 0 Å². The number of esters is 1. The molecule has 0 rings (SSSR count). The zero-order chi connectivity index (χ0) is 14.1. The third-order valence-corrected chi connectivity index (χ3v) is 2.00. The minimum absolute atomic E-state index is 0.0756. The predicted molar refractivity (Wildman–Crippen MR) is 59.5 cm³/mol. The second-order valence-corrected chi connectivity index (χ2v) is 3.48. The molecule has 8 heteroatoms. The molecule has 0 radical (unpaired) electrons. The fraction of sp³-hybridized carbons (Fsp3) is 0.600. The maximum atomic E-state index is 11.3. The summed E-state index contributed by atoms with van der Waals surface area (Å²) in [5.74, 6) is -2.85. The Bertz CT molecular complexity index is 341. The average molecular weight is 260 g/mol. The number of hydrogen-bond acceptors (Lipinski definition) is 5. The summed E-state index contributed by atoms with van der Waals surface area (Å²) in [5.41, 5.74) is 0. The zero-order valence-corrected chi connectivity index (χ0v) is 10.2. The molecule has 0 aromatic carbocycles. The quantitative estimate of drug-likeness (QED) is 0.486. The molecule has 0 saturated carbocycles. The van der Waals surface area contributed by atoms with Gasteiger partial charge in [0, 0.05) is 13.3 Å². The Hall–Kier alpha value is -2.12. The number of carbonyl (C=O) groups is 4. The topological polar surface area (TPSA) is 122 Å². The summed E-state index contributed by atoms with van der Waals surface area (Å²) in [4.78, 5) is 43.5. The van der Waals surface area contributed by atoms with Crippen LogP contribution in [0.5, 0.6) is 0 Å². The van der Waals surface area contributed by atoms with E-state index in [1.165, 1.54) is 14.0 Å². The van der Waals surface area contributed by atoms with E-state index in [0.29, 0.717) is 0 Å². The fourth-order valence-corrected chi connectivity index (χ4v) is 1.07. The number of carboxylic acids is 1. The van der Waals surface area contributed by atoms with E-state index in [0.717, 1.165) is 0 Å². The predicted octanol–water partition coefficient (Wildman–Crippen LogP) is -1.35. The third-order valence-electron chi connectivity index (χ3n) is 2.00. The molecule has 0 aromatic heterocycles. The number of carboxylic acid groups (broad SMARTS) is 1. The van der Waals surface area contributed by atoms with Crippen molar-refractivity contribution in [3.8, 4) is 0 Å². The molecule has 0 aromatic rings. The monoisotopic (exact) mass is 260 g/mol. The first-order valence-corrected chi connectivity index (χ1v) is 5.20. The van der Waals surface area contributed by atoms with Gasteiger partial charge in [0.1, 0.15) is 6.04 Å². The molecular weight excluding hydrogens is 244 g/mol. The SMILES string of the molecule is COC(=O)CC[C@H](NC(=O)CNC(C)=O)C(=O)O. The summed E-state index contributed by atoms with van der Waals surface area (Å²) in [6.45, 7) is 0.927. The van der Waals surface area contributed by atoms with Crippen LogP contribution in [0, 0.1) is 0 Å². The Labute approximate surface area is 104 Å². The van der Waals surface area contributed by atoms with E-state index in [-0.39, 0.29) is 19.4 Å². The molecule has 3 N–H and O–H groups in total. The van der Waals surface area contributed by atoms with Crippen molar-refractivity contribution in [2.45, 2.75) is 25.8 Å². The van der Waals surface area contributed by atoms with Crippen molar-refractivity contribution in [1.29, 1.82) is 0 Å². The highest BCUT2D eigenvalue weighted by Crippen LogP contribution is 1.99. The van der Waals surface area contributed by atoms with Crippen LogP contribution in [-0.2, 0) is 23.9 Å². The Kier molecular flexibility index (Phi) is 7.10. The lowest BCUT2D eigenvalue weighted by Gasteiger charge is -2.13. The largest absolute Gasteiger partial charge is 0.480 e. The maximum Gasteiger partial charge on any atom is 0.326 e. The van der Waals surface area contributed by atoms with Gasteiger partial charge < -0.3 is 20.5 Å². The first-order chi connectivity index (χ1) is 8.36. The Morgan fingerprint density at radius 1 is 1.28 bits per heavy atom. The number of methoxy groups -OCH3 is 1. The molecule has 0 aliphatic heterocycles. The highest BCUT2D eigenvalue weighted by atomic mass is 16.5. The molecule has 0 spiro atoms. The number of nitrogens with one attached hydrogen (secondary N) is 2. The molecule has 0 aliphatic carbocycles. The molecule has 0 bridgehead atoms. The van der Waals surface area contributed by atoms with Gasteiger partial charge in [0.05, 0.1) is 13.7 Å². The summed E-state index contributed by atoms with van der Waals surface area (Å²) >= 11 is 0. The lowest BCUT2D eigenvalue weighted by atomic mass is 10.1. The van der Waals surface area contributed by atoms with Gasteiger partial charge in [-0.05, 0) is 6.42 Å². The minimum atomic E-state index is -1.25. The van der Waals surface area contributed by atoms with Gasteiger partial charge >= 0.3 is 11.9 Å². The number of ether oxygens (including phenoxy) is 1. The lowest BCUT2D eigenvalue weighted by Crippen LogP contribution is -2.45. The molecule has 0 saturated heterocycles. The van der Waals surface area contributed by atoms with Crippen LogP contribution in [0.25, 0.3) is 0 Å². The van der Waals surface area contributed by atoms with Crippen LogP contribution in [0.1, 0.15) is 19.8 Å². The summed E-state index contributed by atoms with van der Waals surface area (Å²) in [6.07, 6.45) is -0.193. The van der Waals surface area contributed by atoms with Crippen LogP contribution in [0.3, 0.4) is 0 Å². The Morgan fingerprint density at radius 3 is 2.33 bits per heavy atom. The fourth-order valence-electron chi connectivity index (χ4n) is 1.07. The molecule has 8 nitrogen and oxygen atoms in total. The van der Waals surface area contributed by atoms with E-state index in [4.69, 9.17) is 5.11 Å². The lowest BCUT2D eigenvalue weighted by molar-refractivity contribution is -0.144. The summed E-state index contributed by atoms with van der Waals surface area (Å²) in [6, 6.07) is -1.19. The van der Waals surface area contributed by atoms with E-state index in [9.17, 15) is 19.2 Å². The third kappa shape index (κ3) is 7.20. The Morgan fingerprint density at radius 2 is 1.89 bits per heavy atom. The number of carbonyl (C=O) groups excluding carboxylic acids is 3. The van der Waals surface area contributed by atoms with Crippen molar-refractivity contribution in [3.63, 3.8) is 0 Å². The van der Waals surface area contributed by atoms with Crippen molar-refractivity contribution in [3.05, 3.63) is 0 Å². The van der Waals surface area contributed by atoms with Gasteiger partial charge in [0.25, 0.3) is 0 Å². The first kappa shape index (κ1) is 15.9. The van der Waals surface area contributed by atoms with Gasteiger partial charge in [-0.25, -0.2) is 4.79 Å². The summed E-state index contributed by atoms with van der Waals surface area (Å²) in [5, 5.41) is 13.3. The second kappa shape index (κ2) is 8.04. The molecular formula is C10H16N2O6. The van der Waals surface area contributed by atoms with Crippen molar-refractivity contribution in [2.75, 3.05) is 13.7 Å². The van der Waals surface area contributed by atoms with Gasteiger partial charge in [0.15, 0.2) is 0 Å². The van der Waals surface area contributed by atoms with E-state index in [1.807, 2.05) is 0 Å². The molecule has 2 amide bonds. The Balaban J connectivity index is 4.18. The molecule has 102 valence electrons. The average Bonchev–Trinajstić information content (AvgIpc) is 2.30. The normalized spacial score (nSPS) is 11.2. The van der Waals surface area contributed by atoms with Crippen LogP contribution in [-0.4, -0.2) is 48.6 Å². The highest BCUT2D eigenvalue weighted by Gasteiger charge is 2.21. The molecule has 1 atom stereocenters. The number of hydrogen-bond donors (Lipinski definition) is 3. The zero-order valence-electron chi connectivity index (χ0n) is 10.2. The van der Waals surface area contributed by atoms with E-state index in [2.05, 4.69) is 15.4 Å². The second-order valence-electron chi connectivity index (χ2n) is 3.48. The number of aliphatic carboxylic acids is 1. The summed E-state index contributed by atoms with van der Waals surface area (Å²) in [7, 11) is 1.19. The molecule has 0 aliphatic rings. The molecule has 0 fully saturated rings. The number of amides is 2. The molecule has 0 unspecified atom stereocenters. The molecule has 0 heterocycles. The number of rotatable bonds is 7. The standard InChI is InChI=1S/C10H16N2O6/c1-6(13)11-5-8(14)12-7(10(16)17)3-4-9(15)18-2/h7H,3-5H2,1-2H3,(H,11,13)(H,12,14)(H,16,17)/t7-/m0/s1. The molecule has 18 heavy (non-hydrogen) atoms. The van der Waals surface area contributed by atoms with Crippen LogP contribution >= 0.6 is 0 Å². The van der Waals surface area contributed by atoms with Crippen molar-refractivity contribution >= 4 is 23.8 Å². The van der Waals surface area contributed by atoms with Gasteiger partial charge in [-0.1, -0.05) is 0 Å². The van der Waals surface area contributed by atoms with Crippen molar-refractivity contribution in [1.82, 2.24) is 10.6 Å². The van der Waals surface area contributed by atoms with Gasteiger partial charge in [-0.15, -0.1) is 0 Å². The van der Waals surface area contributed by atoms with Crippen LogP contribution in [0.15, 0.2) is 0 Å². The smallest absolute Gasteiger partial charge is 0.326 e. The maximum absolute atomic E-state index is 11.3. The van der Waals surface area contributed by atoms with E-state index >= 15 is 0 Å². The van der Waals surface area contributed by atoms with E-state index < -0.39 is 29.8 Å². The van der Waals surface area contributed by atoms with Crippen LogP contribution in [0.2, 0.25) is 0 Å². The summed E-state index contributed by atoms with van der Waals surface area (Å²) < 4.78 is 4.36. The van der Waals surface area contributed by atoms with Crippen molar-refractivity contribution in [2.24, 2.45) is 0 Å². The van der Waals surface area contributed by atoms with Crippen LogP contribution in [0.4, 0.5) is 0 Å². The first-order valence-electron chi connectivity index (χ1n) is 5.20. The van der Waals surface area contributed by atoms with Gasteiger partial charge in [-0.3, -0.25) is 14.4 Å². The van der Waals surface area contributed by atoms with Crippen molar-refractivity contribution < 1.29 is 29.0 Å². The van der Waals surface area contributed by atoms with Crippen LogP contribution < -0.4 is 10.6 Å². The van der Waals surface area contributed by atoms with E-state index in [1.54, 1.807) is 0 Å². The highest BCUT2D eigenvalue weighted by molar-refractivity contribution is 5.87. The minimum Gasteiger partial charge on any atom is -0.480 e. The van der Waals surface area contributed by atoms with Gasteiger partial charge in [0.2, 0.25) is 11.8 Å².